The molecule has 12 heteroatoms. The van der Waals surface area contributed by atoms with Gasteiger partial charge < -0.3 is 14.7 Å². The van der Waals surface area contributed by atoms with E-state index >= 15 is 0 Å². The summed E-state index contributed by atoms with van der Waals surface area (Å²) in [7, 11) is 0. The van der Waals surface area contributed by atoms with E-state index in [1.54, 1.807) is 0 Å². The molecule has 0 bridgehead atoms. The van der Waals surface area contributed by atoms with Crippen LogP contribution in [0.1, 0.15) is 18.2 Å². The molecular formula is C21H13Cl2F4N3O3. The van der Waals surface area contributed by atoms with E-state index in [0.29, 0.717) is 4.68 Å². The van der Waals surface area contributed by atoms with Gasteiger partial charge in [0.1, 0.15) is 11.5 Å². The van der Waals surface area contributed by atoms with Gasteiger partial charge in [-0.15, -0.1) is 0 Å². The van der Waals surface area contributed by atoms with Gasteiger partial charge in [0, 0.05) is 5.02 Å². The van der Waals surface area contributed by atoms with Gasteiger partial charge in [0.25, 0.3) is 0 Å². The lowest BCUT2D eigenvalue weighted by atomic mass is 9.96. The van der Waals surface area contributed by atoms with Gasteiger partial charge in [-0.3, -0.25) is 0 Å². The standard InChI is InChI=1S/C21H13Cl2F4N3O3/c1-20(31,32)16-17(15-13(23)6-3-7-14(15)24)29-33-18(16)12-9-28-30(19(12)21(25,26)27)11-5-2-4-10(22)8-11/h2-9,31-32H,1H3. The van der Waals surface area contributed by atoms with Gasteiger partial charge in [0.05, 0.1) is 33.6 Å². The Hall–Kier alpha value is -2.92. The second kappa shape index (κ2) is 8.14. The largest absolute Gasteiger partial charge is 0.434 e. The van der Waals surface area contributed by atoms with E-state index in [2.05, 4.69) is 10.3 Å². The number of rotatable bonds is 4. The molecular weight excluding hydrogens is 489 g/mol. The second-order valence-corrected chi connectivity index (χ2v) is 7.99. The smallest absolute Gasteiger partial charge is 0.362 e. The van der Waals surface area contributed by atoms with Gasteiger partial charge in [-0.1, -0.05) is 40.5 Å². The molecule has 0 aliphatic carbocycles. The molecule has 2 heterocycles. The number of aromatic nitrogens is 3. The molecule has 0 fully saturated rings. The summed E-state index contributed by atoms with van der Waals surface area (Å²) in [5, 5.41) is 28.2. The van der Waals surface area contributed by atoms with Gasteiger partial charge in [-0.25, -0.2) is 9.07 Å². The number of nitrogens with zero attached hydrogens (tertiary/aromatic N) is 3. The van der Waals surface area contributed by atoms with Crippen LogP contribution in [0.15, 0.2) is 53.2 Å². The second-order valence-electron chi connectivity index (χ2n) is 7.15. The highest BCUT2D eigenvalue weighted by Gasteiger charge is 2.43. The Kier molecular flexibility index (Phi) is 5.73. The van der Waals surface area contributed by atoms with Crippen LogP contribution in [0.25, 0.3) is 28.3 Å². The predicted molar refractivity (Wildman–Crippen MR) is 111 cm³/mol. The molecule has 0 saturated heterocycles. The number of alkyl halides is 3. The van der Waals surface area contributed by atoms with Crippen molar-refractivity contribution in [3.63, 3.8) is 0 Å². The molecule has 172 valence electrons. The van der Waals surface area contributed by atoms with Crippen molar-refractivity contribution in [3.05, 3.63) is 75.8 Å². The SMILES string of the molecule is CC(O)(O)c1c(-c2c(F)cccc2Cl)noc1-c1cnn(-c2cccc(Cl)c2)c1C(F)(F)F. The van der Waals surface area contributed by atoms with Gasteiger partial charge in [-0.2, -0.15) is 18.3 Å². The molecule has 4 rings (SSSR count). The minimum absolute atomic E-state index is 0.00438. The highest BCUT2D eigenvalue weighted by molar-refractivity contribution is 6.33. The third-order valence-electron chi connectivity index (χ3n) is 4.70. The van der Waals surface area contributed by atoms with Crippen molar-refractivity contribution in [1.29, 1.82) is 0 Å². The van der Waals surface area contributed by atoms with E-state index in [0.717, 1.165) is 19.2 Å². The maximum atomic E-state index is 14.5. The predicted octanol–water partition coefficient (Wildman–Crippen LogP) is 5.82. The van der Waals surface area contributed by atoms with Gasteiger partial charge in [0.15, 0.2) is 17.2 Å². The third kappa shape index (κ3) is 4.22. The quantitative estimate of drug-likeness (QED) is 0.272. The molecule has 33 heavy (non-hydrogen) atoms. The molecule has 2 aromatic heterocycles. The van der Waals surface area contributed by atoms with Crippen LogP contribution in [0.2, 0.25) is 10.0 Å². The molecule has 0 atom stereocenters. The van der Waals surface area contributed by atoms with Crippen molar-refractivity contribution in [1.82, 2.24) is 14.9 Å². The van der Waals surface area contributed by atoms with E-state index in [1.165, 1.54) is 36.4 Å². The lowest BCUT2D eigenvalue weighted by Crippen LogP contribution is -2.22. The van der Waals surface area contributed by atoms with E-state index in [-0.39, 0.29) is 21.3 Å². The summed E-state index contributed by atoms with van der Waals surface area (Å²) in [6.45, 7) is 0.871. The summed E-state index contributed by atoms with van der Waals surface area (Å²) in [6.07, 6.45) is -4.14. The molecule has 0 unspecified atom stereocenters. The maximum absolute atomic E-state index is 14.5. The van der Waals surface area contributed by atoms with Crippen LogP contribution in [0, 0.1) is 5.82 Å². The van der Waals surface area contributed by atoms with Crippen molar-refractivity contribution >= 4 is 23.2 Å². The summed E-state index contributed by atoms with van der Waals surface area (Å²) < 4.78 is 62.6. The molecule has 0 aliphatic rings. The molecule has 0 aliphatic heterocycles. The number of benzene rings is 2. The van der Waals surface area contributed by atoms with Crippen LogP contribution in [-0.2, 0) is 12.0 Å². The first kappa shape index (κ1) is 23.2. The molecule has 0 spiro atoms. The Balaban J connectivity index is 2.02. The zero-order valence-electron chi connectivity index (χ0n) is 16.5. The average molecular weight is 502 g/mol. The monoisotopic (exact) mass is 501 g/mol. The zero-order valence-corrected chi connectivity index (χ0v) is 18.0. The summed E-state index contributed by atoms with van der Waals surface area (Å²) in [4.78, 5) is 0. The first-order valence-electron chi connectivity index (χ1n) is 9.20. The third-order valence-corrected chi connectivity index (χ3v) is 5.25. The normalized spacial score (nSPS) is 12.4. The van der Waals surface area contributed by atoms with Crippen molar-refractivity contribution in [3.8, 4) is 28.3 Å². The first-order valence-corrected chi connectivity index (χ1v) is 9.96. The number of hydrogen-bond donors (Lipinski definition) is 2. The Morgan fingerprint density at radius 3 is 2.36 bits per heavy atom. The lowest BCUT2D eigenvalue weighted by molar-refractivity contribution is -0.152. The highest BCUT2D eigenvalue weighted by Crippen LogP contribution is 2.45. The fourth-order valence-electron chi connectivity index (χ4n) is 3.40. The first-order chi connectivity index (χ1) is 15.4. The van der Waals surface area contributed by atoms with Crippen LogP contribution in [-0.4, -0.2) is 25.2 Å². The molecule has 0 radical (unpaired) electrons. The Morgan fingerprint density at radius 1 is 1.06 bits per heavy atom. The maximum Gasteiger partial charge on any atom is 0.434 e. The molecule has 4 aromatic rings. The molecule has 2 N–H and O–H groups in total. The van der Waals surface area contributed by atoms with Crippen molar-refractivity contribution in [2.45, 2.75) is 18.9 Å². The van der Waals surface area contributed by atoms with Crippen LogP contribution < -0.4 is 0 Å². The van der Waals surface area contributed by atoms with E-state index in [4.69, 9.17) is 27.7 Å². The topological polar surface area (TPSA) is 84.3 Å². The molecule has 0 amide bonds. The fourth-order valence-corrected chi connectivity index (χ4v) is 3.84. The fraction of sp³-hybridized carbons (Fsp3) is 0.143. The summed E-state index contributed by atoms with van der Waals surface area (Å²) >= 11 is 12.0. The molecule has 2 aromatic carbocycles. The van der Waals surface area contributed by atoms with Crippen LogP contribution in [0.4, 0.5) is 17.6 Å². The molecule has 6 nitrogen and oxygen atoms in total. The Bertz CT molecular complexity index is 1320. The molecule has 0 saturated carbocycles. The van der Waals surface area contributed by atoms with Crippen LogP contribution in [0.3, 0.4) is 0 Å². The number of halogens is 6. The van der Waals surface area contributed by atoms with Crippen molar-refractivity contribution in [2.75, 3.05) is 0 Å². The van der Waals surface area contributed by atoms with E-state index < -0.39 is 46.1 Å². The summed E-state index contributed by atoms with van der Waals surface area (Å²) in [6, 6.07) is 9.18. The van der Waals surface area contributed by atoms with E-state index in [1.807, 2.05) is 0 Å². The Morgan fingerprint density at radius 2 is 1.76 bits per heavy atom. The lowest BCUT2D eigenvalue weighted by Gasteiger charge is -2.18. The van der Waals surface area contributed by atoms with Gasteiger partial charge in [0.2, 0.25) is 0 Å². The average Bonchev–Trinajstić information content (AvgIpc) is 3.32. The number of hydrogen-bond acceptors (Lipinski definition) is 5. The van der Waals surface area contributed by atoms with Crippen molar-refractivity contribution in [2.24, 2.45) is 0 Å². The van der Waals surface area contributed by atoms with Crippen molar-refractivity contribution < 1.29 is 32.3 Å². The summed E-state index contributed by atoms with van der Waals surface area (Å²) in [5.41, 5.74) is -3.41. The Labute approximate surface area is 193 Å². The van der Waals surface area contributed by atoms with Crippen LogP contribution in [0.5, 0.6) is 0 Å². The van der Waals surface area contributed by atoms with Crippen LogP contribution >= 0.6 is 23.2 Å². The minimum Gasteiger partial charge on any atom is -0.362 e. The number of aliphatic hydroxyl groups is 2. The summed E-state index contributed by atoms with van der Waals surface area (Å²) in [5.74, 6) is -4.34. The zero-order chi connectivity index (χ0) is 24.1. The highest BCUT2D eigenvalue weighted by atomic mass is 35.5. The van der Waals surface area contributed by atoms with E-state index in [9.17, 15) is 27.8 Å². The van der Waals surface area contributed by atoms with Gasteiger partial charge in [-0.05, 0) is 37.3 Å². The minimum atomic E-state index is -4.96. The van der Waals surface area contributed by atoms with Gasteiger partial charge >= 0.3 is 6.18 Å².